The van der Waals surface area contributed by atoms with Crippen molar-refractivity contribution in [2.75, 3.05) is 0 Å². The molecule has 3 aromatic rings. The lowest BCUT2D eigenvalue weighted by atomic mass is 10.1. The van der Waals surface area contributed by atoms with Crippen LogP contribution in [-0.2, 0) is 25.8 Å². The predicted molar refractivity (Wildman–Crippen MR) is 116 cm³/mol. The zero-order valence-corrected chi connectivity index (χ0v) is 18.2. The van der Waals surface area contributed by atoms with E-state index in [1.165, 1.54) is 24.3 Å². The Morgan fingerprint density at radius 2 is 1.61 bits per heavy atom. The average Bonchev–Trinajstić information content (AvgIpc) is 2.69. The number of rotatable bonds is 7. The average molecular weight is 470 g/mol. The van der Waals surface area contributed by atoms with Crippen LogP contribution < -0.4 is 10.3 Å². The number of pyridine rings is 1. The van der Waals surface area contributed by atoms with Gasteiger partial charge in [-0.05, 0) is 55.5 Å². The number of alkyl halides is 3. The fourth-order valence-corrected chi connectivity index (χ4v) is 3.86. The van der Waals surface area contributed by atoms with Gasteiger partial charge in [0.25, 0.3) is 5.56 Å². The van der Waals surface area contributed by atoms with Crippen LogP contribution in [0.25, 0.3) is 0 Å². The van der Waals surface area contributed by atoms with Crippen LogP contribution in [0, 0.1) is 6.92 Å². The smallest absolute Gasteiger partial charge is 0.406 e. The Balaban J connectivity index is 1.81. The maximum Gasteiger partial charge on any atom is 0.573 e. The number of aryl methyl sites for hydroxylation is 3. The molecule has 0 saturated heterocycles. The molecule has 0 fully saturated rings. The molecule has 0 aliphatic carbocycles. The molecule has 0 bridgehead atoms. The Morgan fingerprint density at radius 1 is 0.903 bits per heavy atom. The van der Waals surface area contributed by atoms with Crippen LogP contribution in [0.1, 0.15) is 22.4 Å². The van der Waals surface area contributed by atoms with E-state index < -0.39 is 6.36 Å². The maximum absolute atomic E-state index is 12.7. The fraction of sp³-hybridized carbons (Fsp3) is 0.261. The lowest BCUT2D eigenvalue weighted by molar-refractivity contribution is -0.274. The van der Waals surface area contributed by atoms with Crippen LogP contribution in [-0.4, -0.2) is 10.9 Å². The molecule has 164 valence electrons. The minimum Gasteiger partial charge on any atom is -0.406 e. The van der Waals surface area contributed by atoms with Gasteiger partial charge in [-0.15, -0.1) is 13.2 Å². The second-order valence-electron chi connectivity index (χ2n) is 7.17. The van der Waals surface area contributed by atoms with Crippen LogP contribution in [0.15, 0.2) is 59.4 Å². The van der Waals surface area contributed by atoms with Crippen LogP contribution >= 0.6 is 23.2 Å². The first-order chi connectivity index (χ1) is 14.6. The Hall–Kier alpha value is -2.44. The molecule has 0 saturated carbocycles. The lowest BCUT2D eigenvalue weighted by Gasteiger charge is -2.16. The van der Waals surface area contributed by atoms with Crippen LogP contribution in [0.4, 0.5) is 13.2 Å². The molecule has 0 amide bonds. The lowest BCUT2D eigenvalue weighted by Crippen LogP contribution is -2.25. The van der Waals surface area contributed by atoms with Gasteiger partial charge in [-0.25, -0.2) is 0 Å². The van der Waals surface area contributed by atoms with Gasteiger partial charge in [-0.1, -0.05) is 65.2 Å². The minimum atomic E-state index is -4.76. The molecule has 0 N–H and O–H groups in total. The molecule has 1 aromatic heterocycles. The van der Waals surface area contributed by atoms with Crippen molar-refractivity contribution < 1.29 is 17.9 Å². The third-order valence-electron chi connectivity index (χ3n) is 4.83. The minimum absolute atomic E-state index is 0.0261. The first-order valence-corrected chi connectivity index (χ1v) is 10.4. The number of benzene rings is 2. The van der Waals surface area contributed by atoms with Crippen molar-refractivity contribution in [2.45, 2.75) is 39.1 Å². The molecule has 0 unspecified atom stereocenters. The Bertz CT molecular complexity index is 1110. The molecule has 0 aliphatic rings. The number of halogens is 5. The van der Waals surface area contributed by atoms with Gasteiger partial charge in [-0.2, -0.15) is 0 Å². The highest BCUT2D eigenvalue weighted by Crippen LogP contribution is 2.25. The molecular formula is C23H20Cl2F3NO2. The van der Waals surface area contributed by atoms with Gasteiger partial charge in [0.1, 0.15) is 10.8 Å². The summed E-state index contributed by atoms with van der Waals surface area (Å²) in [7, 11) is 0. The second-order valence-corrected chi connectivity index (χ2v) is 7.99. The molecule has 8 heteroatoms. The van der Waals surface area contributed by atoms with E-state index in [0.29, 0.717) is 42.1 Å². The monoisotopic (exact) mass is 469 g/mol. The van der Waals surface area contributed by atoms with Crippen molar-refractivity contribution in [1.29, 1.82) is 0 Å². The van der Waals surface area contributed by atoms with Gasteiger partial charge in [0.15, 0.2) is 0 Å². The van der Waals surface area contributed by atoms with Crippen molar-refractivity contribution in [3.05, 3.63) is 97.4 Å². The zero-order valence-electron chi connectivity index (χ0n) is 16.7. The Kier molecular flexibility index (Phi) is 7.34. The van der Waals surface area contributed by atoms with E-state index in [-0.39, 0.29) is 16.3 Å². The summed E-state index contributed by atoms with van der Waals surface area (Å²) in [5.41, 5.74) is 3.08. The summed E-state index contributed by atoms with van der Waals surface area (Å²) in [6, 6.07) is 15.2. The van der Waals surface area contributed by atoms with E-state index in [1.807, 2.05) is 31.2 Å². The van der Waals surface area contributed by atoms with Gasteiger partial charge in [0, 0.05) is 12.2 Å². The predicted octanol–water partition coefficient (Wildman–Crippen LogP) is 6.39. The highest BCUT2D eigenvalue weighted by Gasteiger charge is 2.31. The SMILES string of the molecule is Cc1ccc(CCn2c(CCc3cccc(OC(F)(F)F)c3)c(Cl)cc(Cl)c2=O)cc1. The molecule has 3 nitrogen and oxygen atoms in total. The summed E-state index contributed by atoms with van der Waals surface area (Å²) >= 11 is 12.4. The molecule has 0 radical (unpaired) electrons. The molecular weight excluding hydrogens is 450 g/mol. The molecule has 2 aromatic carbocycles. The number of hydrogen-bond acceptors (Lipinski definition) is 2. The van der Waals surface area contributed by atoms with Crippen molar-refractivity contribution >= 4 is 23.2 Å². The van der Waals surface area contributed by atoms with Crippen molar-refractivity contribution in [1.82, 2.24) is 4.57 Å². The summed E-state index contributed by atoms with van der Waals surface area (Å²) in [6.45, 7) is 2.38. The van der Waals surface area contributed by atoms with Gasteiger partial charge in [0.05, 0.1) is 5.02 Å². The fourth-order valence-electron chi connectivity index (χ4n) is 3.28. The molecule has 0 spiro atoms. The maximum atomic E-state index is 12.7. The van der Waals surface area contributed by atoms with E-state index in [1.54, 1.807) is 10.6 Å². The number of ether oxygens (including phenoxy) is 1. The van der Waals surface area contributed by atoms with Crippen molar-refractivity contribution in [3.8, 4) is 5.75 Å². The first kappa shape index (κ1) is 23.2. The van der Waals surface area contributed by atoms with E-state index in [4.69, 9.17) is 23.2 Å². The van der Waals surface area contributed by atoms with Gasteiger partial charge in [0.2, 0.25) is 0 Å². The third-order valence-corrected chi connectivity index (χ3v) is 5.43. The van der Waals surface area contributed by atoms with Crippen molar-refractivity contribution in [3.63, 3.8) is 0 Å². The quantitative estimate of drug-likeness (QED) is 0.401. The molecule has 0 atom stereocenters. The summed E-state index contributed by atoms with van der Waals surface area (Å²) in [4.78, 5) is 12.7. The molecule has 31 heavy (non-hydrogen) atoms. The van der Waals surface area contributed by atoms with Gasteiger partial charge < -0.3 is 9.30 Å². The van der Waals surface area contributed by atoms with Crippen LogP contribution in [0.3, 0.4) is 0 Å². The summed E-state index contributed by atoms with van der Waals surface area (Å²) in [6.07, 6.45) is -3.41. The van der Waals surface area contributed by atoms with Gasteiger partial charge in [-0.3, -0.25) is 4.79 Å². The van der Waals surface area contributed by atoms with Crippen LogP contribution in [0.5, 0.6) is 5.75 Å². The highest BCUT2D eigenvalue weighted by molar-refractivity contribution is 6.34. The summed E-state index contributed by atoms with van der Waals surface area (Å²) in [5.74, 6) is -0.288. The first-order valence-electron chi connectivity index (χ1n) is 9.60. The van der Waals surface area contributed by atoms with Gasteiger partial charge >= 0.3 is 6.36 Å². The second kappa shape index (κ2) is 9.79. The van der Waals surface area contributed by atoms with E-state index in [0.717, 1.165) is 11.1 Å². The Morgan fingerprint density at radius 3 is 2.29 bits per heavy atom. The molecule has 3 rings (SSSR count). The third kappa shape index (κ3) is 6.52. The van der Waals surface area contributed by atoms with Crippen molar-refractivity contribution in [2.24, 2.45) is 0 Å². The number of aromatic nitrogens is 1. The largest absolute Gasteiger partial charge is 0.573 e. The van der Waals surface area contributed by atoms with E-state index in [9.17, 15) is 18.0 Å². The number of hydrogen-bond donors (Lipinski definition) is 0. The van der Waals surface area contributed by atoms with E-state index >= 15 is 0 Å². The normalized spacial score (nSPS) is 11.5. The molecule has 0 aliphatic heterocycles. The zero-order chi connectivity index (χ0) is 22.6. The van der Waals surface area contributed by atoms with E-state index in [2.05, 4.69) is 4.74 Å². The summed E-state index contributed by atoms with van der Waals surface area (Å²) in [5, 5.41) is 0.370. The number of nitrogens with zero attached hydrogens (tertiary/aromatic N) is 1. The van der Waals surface area contributed by atoms with Crippen LogP contribution in [0.2, 0.25) is 10.0 Å². The molecule has 1 heterocycles. The topological polar surface area (TPSA) is 31.2 Å². The highest BCUT2D eigenvalue weighted by atomic mass is 35.5. The summed E-state index contributed by atoms with van der Waals surface area (Å²) < 4.78 is 42.9. The Labute approximate surface area is 188 Å². The standard InChI is InChI=1S/C23H20Cl2F3NO2/c1-15-5-7-16(8-6-15)11-12-29-21(19(24)14-20(25)22(29)30)10-9-17-3-2-4-18(13-17)31-23(26,27)28/h2-8,13-14H,9-12H2,1H3.